The molecule has 0 bridgehead atoms. The van der Waals surface area contributed by atoms with Crippen LogP contribution in [0, 0.1) is 0 Å². The third-order valence-electron chi connectivity index (χ3n) is 9.64. The highest BCUT2D eigenvalue weighted by Crippen LogP contribution is 2.47. The predicted molar refractivity (Wildman–Crippen MR) is 198 cm³/mol. The van der Waals surface area contributed by atoms with Crippen LogP contribution in [0.3, 0.4) is 0 Å². The van der Waals surface area contributed by atoms with Gasteiger partial charge in [0.05, 0.1) is 11.2 Å². The summed E-state index contributed by atoms with van der Waals surface area (Å²) in [5.74, 6) is 0. The monoisotopic (exact) mass is 597 g/mol. The van der Waals surface area contributed by atoms with Crippen molar-refractivity contribution in [3.05, 3.63) is 164 Å². The minimum Gasteiger partial charge on any atom is -0.456 e. The lowest BCUT2D eigenvalue weighted by Crippen LogP contribution is -1.95. The van der Waals surface area contributed by atoms with Crippen molar-refractivity contribution >= 4 is 65.2 Å². The predicted octanol–water partition coefficient (Wildman–Crippen LogP) is 12.6. The van der Waals surface area contributed by atoms with Gasteiger partial charge >= 0.3 is 0 Å². The van der Waals surface area contributed by atoms with Gasteiger partial charge in [0.2, 0.25) is 0 Å². The molecule has 0 aliphatic heterocycles. The first-order chi connectivity index (χ1) is 23.3. The van der Waals surface area contributed by atoms with E-state index < -0.39 is 0 Å². The van der Waals surface area contributed by atoms with E-state index in [1.165, 1.54) is 43.6 Å². The van der Waals surface area contributed by atoms with E-state index >= 15 is 0 Å². The van der Waals surface area contributed by atoms with Crippen molar-refractivity contribution in [3.8, 4) is 33.5 Å². The van der Waals surface area contributed by atoms with Gasteiger partial charge in [0.1, 0.15) is 11.2 Å². The molecular weight excluding hydrogens is 571 g/mol. The van der Waals surface area contributed by atoms with Gasteiger partial charge in [0.15, 0.2) is 0 Å². The molecule has 0 fully saturated rings. The van der Waals surface area contributed by atoms with Crippen molar-refractivity contribution < 1.29 is 4.42 Å². The number of benzene rings is 8. The summed E-state index contributed by atoms with van der Waals surface area (Å²) < 4.78 is 6.42. The van der Waals surface area contributed by atoms with E-state index in [4.69, 9.17) is 9.40 Å². The van der Waals surface area contributed by atoms with Crippen LogP contribution in [0.1, 0.15) is 0 Å². The van der Waals surface area contributed by atoms with Gasteiger partial charge in [0, 0.05) is 38.1 Å². The molecule has 0 aliphatic rings. The summed E-state index contributed by atoms with van der Waals surface area (Å²) in [6.45, 7) is 0. The highest BCUT2D eigenvalue weighted by molar-refractivity contribution is 6.30. The average Bonchev–Trinajstić information content (AvgIpc) is 3.53. The third kappa shape index (κ3) is 3.82. The summed E-state index contributed by atoms with van der Waals surface area (Å²) >= 11 is 0. The van der Waals surface area contributed by atoms with Crippen LogP contribution >= 0.6 is 0 Å². The van der Waals surface area contributed by atoms with Crippen LogP contribution in [-0.2, 0) is 0 Å². The normalized spacial score (nSPS) is 11.8. The Balaban J connectivity index is 1.42. The van der Waals surface area contributed by atoms with Crippen molar-refractivity contribution in [2.75, 3.05) is 0 Å². The van der Waals surface area contributed by atoms with E-state index in [1.54, 1.807) is 0 Å². The fraction of sp³-hybridized carbons (Fsp3) is 0. The van der Waals surface area contributed by atoms with E-state index in [0.717, 1.165) is 55.0 Å². The molecule has 0 radical (unpaired) electrons. The zero-order chi connectivity index (χ0) is 30.9. The summed E-state index contributed by atoms with van der Waals surface area (Å²) in [5.41, 5.74) is 9.64. The van der Waals surface area contributed by atoms with Gasteiger partial charge in [-0.2, -0.15) is 0 Å². The van der Waals surface area contributed by atoms with E-state index in [0.29, 0.717) is 0 Å². The quantitative estimate of drug-likeness (QED) is 0.150. The lowest BCUT2D eigenvalue weighted by molar-refractivity contribution is 0.669. The van der Waals surface area contributed by atoms with Gasteiger partial charge in [-0.15, -0.1) is 0 Å². The Morgan fingerprint density at radius 1 is 0.340 bits per heavy atom. The van der Waals surface area contributed by atoms with Gasteiger partial charge < -0.3 is 4.42 Å². The largest absolute Gasteiger partial charge is 0.456 e. The molecule has 10 rings (SSSR count). The second kappa shape index (κ2) is 10.1. The van der Waals surface area contributed by atoms with Crippen LogP contribution in [0.25, 0.3) is 98.7 Å². The molecule has 2 heterocycles. The van der Waals surface area contributed by atoms with Gasteiger partial charge in [-0.25, -0.2) is 4.98 Å². The Kier molecular flexibility index (Phi) is 5.61. The van der Waals surface area contributed by atoms with Gasteiger partial charge in [-0.1, -0.05) is 146 Å². The minimum atomic E-state index is 0.888. The van der Waals surface area contributed by atoms with Crippen LogP contribution in [0.15, 0.2) is 168 Å². The molecule has 8 aromatic carbocycles. The standard InChI is InChI=1S/C45H27NO/c1-3-14-28(15-4-1)40-30-18-7-9-20-32(30)41(33-21-10-8-19-31(33)40)35-23-13-24-36-42-37(44(46-45(35)36)29-16-5-2-6-17-29)26-27-39-43(42)34-22-11-12-25-38(34)47-39/h1-27H. The van der Waals surface area contributed by atoms with E-state index in [-0.39, 0.29) is 0 Å². The molecule has 0 aliphatic carbocycles. The zero-order valence-corrected chi connectivity index (χ0v) is 25.4. The molecule has 0 saturated carbocycles. The minimum absolute atomic E-state index is 0.888. The fourth-order valence-corrected chi connectivity index (χ4v) is 7.68. The Bertz CT molecular complexity index is 2770. The summed E-state index contributed by atoms with van der Waals surface area (Å²) in [5, 5.41) is 10.6. The molecule has 2 heteroatoms. The van der Waals surface area contributed by atoms with Crippen molar-refractivity contribution in [2.24, 2.45) is 0 Å². The third-order valence-corrected chi connectivity index (χ3v) is 9.64. The Morgan fingerprint density at radius 3 is 1.57 bits per heavy atom. The number of furan rings is 1. The maximum atomic E-state index is 6.42. The van der Waals surface area contributed by atoms with Gasteiger partial charge in [-0.3, -0.25) is 0 Å². The SMILES string of the molecule is c1ccc(-c2c3ccccc3c(-c3cccc4c3nc(-c3ccccc3)c3ccc5oc6ccccc6c5c34)c3ccccc23)cc1. The summed E-state index contributed by atoms with van der Waals surface area (Å²) in [6.07, 6.45) is 0. The number of nitrogens with zero attached hydrogens (tertiary/aromatic N) is 1. The van der Waals surface area contributed by atoms with Gasteiger partial charge in [0.25, 0.3) is 0 Å². The van der Waals surface area contributed by atoms with Crippen molar-refractivity contribution in [3.63, 3.8) is 0 Å². The van der Waals surface area contributed by atoms with Crippen LogP contribution in [0.5, 0.6) is 0 Å². The first kappa shape index (κ1) is 26.0. The molecule has 0 saturated heterocycles. The first-order valence-electron chi connectivity index (χ1n) is 16.1. The molecule has 0 atom stereocenters. The lowest BCUT2D eigenvalue weighted by atomic mass is 9.85. The van der Waals surface area contributed by atoms with Crippen molar-refractivity contribution in [1.29, 1.82) is 0 Å². The molecular formula is C45H27NO. The number of rotatable bonds is 3. The van der Waals surface area contributed by atoms with Crippen molar-refractivity contribution in [1.82, 2.24) is 4.98 Å². The lowest BCUT2D eigenvalue weighted by Gasteiger charge is -2.19. The smallest absolute Gasteiger partial charge is 0.136 e. The average molecular weight is 598 g/mol. The molecule has 0 spiro atoms. The molecule has 0 amide bonds. The van der Waals surface area contributed by atoms with Gasteiger partial charge in [-0.05, 0) is 56.4 Å². The summed E-state index contributed by atoms with van der Waals surface area (Å²) in [6, 6.07) is 58.3. The number of hydrogen-bond acceptors (Lipinski definition) is 2. The topological polar surface area (TPSA) is 26.0 Å². The fourth-order valence-electron chi connectivity index (χ4n) is 7.68. The van der Waals surface area contributed by atoms with Crippen LogP contribution in [0.2, 0.25) is 0 Å². The molecule has 2 aromatic heterocycles. The zero-order valence-electron chi connectivity index (χ0n) is 25.4. The number of fused-ring (bicyclic) bond motifs is 9. The van der Waals surface area contributed by atoms with Crippen LogP contribution in [0.4, 0.5) is 0 Å². The maximum Gasteiger partial charge on any atom is 0.136 e. The van der Waals surface area contributed by atoms with E-state index in [9.17, 15) is 0 Å². The van der Waals surface area contributed by atoms with E-state index in [1.807, 2.05) is 6.07 Å². The molecule has 0 N–H and O–H groups in total. The Morgan fingerprint density at radius 2 is 0.894 bits per heavy atom. The Labute approximate surface area is 271 Å². The van der Waals surface area contributed by atoms with Crippen LogP contribution < -0.4 is 0 Å². The number of para-hydroxylation sites is 2. The molecule has 2 nitrogen and oxygen atoms in total. The highest BCUT2D eigenvalue weighted by atomic mass is 16.3. The maximum absolute atomic E-state index is 6.42. The molecule has 47 heavy (non-hydrogen) atoms. The van der Waals surface area contributed by atoms with Crippen LogP contribution in [-0.4, -0.2) is 4.98 Å². The second-order valence-corrected chi connectivity index (χ2v) is 12.2. The number of aromatic nitrogens is 1. The van der Waals surface area contributed by atoms with Crippen molar-refractivity contribution in [2.45, 2.75) is 0 Å². The first-order valence-corrected chi connectivity index (χ1v) is 16.1. The highest BCUT2D eigenvalue weighted by Gasteiger charge is 2.22. The Hall–Kier alpha value is -6.25. The second-order valence-electron chi connectivity index (χ2n) is 12.2. The molecule has 0 unspecified atom stereocenters. The summed E-state index contributed by atoms with van der Waals surface area (Å²) in [7, 11) is 0. The number of hydrogen-bond donors (Lipinski definition) is 0. The van der Waals surface area contributed by atoms with E-state index in [2.05, 4.69) is 158 Å². The molecule has 10 aromatic rings. The molecule has 218 valence electrons. The number of pyridine rings is 1. The summed E-state index contributed by atoms with van der Waals surface area (Å²) in [4.78, 5) is 5.58.